The van der Waals surface area contributed by atoms with E-state index in [4.69, 9.17) is 5.11 Å². The van der Waals surface area contributed by atoms with Crippen LogP contribution in [-0.4, -0.2) is 29.1 Å². The smallest absolute Gasteiger partial charge is 0.310 e. The van der Waals surface area contributed by atoms with Crippen LogP contribution >= 0.6 is 0 Å². The van der Waals surface area contributed by atoms with Crippen LogP contribution in [-0.2, 0) is 4.79 Å². The van der Waals surface area contributed by atoms with Gasteiger partial charge in [-0.25, -0.2) is 0 Å². The van der Waals surface area contributed by atoms with E-state index < -0.39 is 5.97 Å². The number of nitrogens with zero attached hydrogens (tertiary/aromatic N) is 2. The van der Waals surface area contributed by atoms with Crippen LogP contribution in [0.5, 0.6) is 0 Å². The molecule has 0 spiro atoms. The number of hydrogen-bond acceptors (Lipinski definition) is 3. The zero-order valence-electron chi connectivity index (χ0n) is 8.90. The second-order valence-corrected chi connectivity index (χ2v) is 4.06. The zero-order valence-corrected chi connectivity index (χ0v) is 8.90. The van der Waals surface area contributed by atoms with Gasteiger partial charge < -0.3 is 10.0 Å². The monoisotopic (exact) mass is 206 g/mol. The third-order valence-corrected chi connectivity index (χ3v) is 2.83. The van der Waals surface area contributed by atoms with Crippen LogP contribution in [0.25, 0.3) is 0 Å². The topological polar surface area (TPSA) is 53.4 Å². The number of hydrogen-bond donors (Lipinski definition) is 1. The summed E-state index contributed by atoms with van der Waals surface area (Å²) in [7, 11) is 0. The number of aliphatic carboxylic acids is 1. The summed E-state index contributed by atoms with van der Waals surface area (Å²) in [5.41, 5.74) is 3.36. The Hall–Kier alpha value is -1.58. The lowest BCUT2D eigenvalue weighted by Gasteiger charge is -2.40. The van der Waals surface area contributed by atoms with Gasteiger partial charge in [-0.05, 0) is 25.0 Å². The van der Waals surface area contributed by atoms with Crippen molar-refractivity contribution in [3.63, 3.8) is 0 Å². The van der Waals surface area contributed by atoms with Gasteiger partial charge in [-0.15, -0.1) is 0 Å². The van der Waals surface area contributed by atoms with Crippen LogP contribution in [0, 0.1) is 19.8 Å². The zero-order chi connectivity index (χ0) is 11.0. The van der Waals surface area contributed by atoms with Crippen LogP contribution in [0.15, 0.2) is 12.4 Å². The van der Waals surface area contributed by atoms with Gasteiger partial charge in [0.2, 0.25) is 0 Å². The molecule has 0 amide bonds. The van der Waals surface area contributed by atoms with Crippen molar-refractivity contribution in [2.24, 2.45) is 5.92 Å². The summed E-state index contributed by atoms with van der Waals surface area (Å²) in [6.07, 6.45) is 3.63. The molecule has 0 saturated carbocycles. The van der Waals surface area contributed by atoms with Gasteiger partial charge >= 0.3 is 5.97 Å². The van der Waals surface area contributed by atoms with Crippen molar-refractivity contribution in [3.05, 3.63) is 23.5 Å². The number of aromatic nitrogens is 1. The summed E-state index contributed by atoms with van der Waals surface area (Å²) in [6, 6.07) is 0. The van der Waals surface area contributed by atoms with E-state index >= 15 is 0 Å². The molecule has 0 unspecified atom stereocenters. The third kappa shape index (κ3) is 1.67. The average molecular weight is 206 g/mol. The van der Waals surface area contributed by atoms with Gasteiger partial charge in [0, 0.05) is 31.2 Å². The third-order valence-electron chi connectivity index (χ3n) is 2.83. The molecule has 1 aromatic heterocycles. The number of carboxylic acids is 1. The van der Waals surface area contributed by atoms with E-state index in [1.807, 2.05) is 26.2 Å². The molecular weight excluding hydrogens is 192 g/mol. The highest BCUT2D eigenvalue weighted by molar-refractivity contribution is 5.75. The van der Waals surface area contributed by atoms with Gasteiger partial charge in [-0.2, -0.15) is 0 Å². The lowest BCUT2D eigenvalue weighted by atomic mass is 9.97. The molecule has 1 N–H and O–H groups in total. The normalized spacial score (nSPS) is 16.3. The van der Waals surface area contributed by atoms with Crippen LogP contribution in [0.3, 0.4) is 0 Å². The maximum Gasteiger partial charge on any atom is 0.310 e. The second kappa shape index (κ2) is 3.53. The quantitative estimate of drug-likeness (QED) is 0.790. The molecule has 1 saturated heterocycles. The van der Waals surface area contributed by atoms with Crippen molar-refractivity contribution in [2.75, 3.05) is 18.0 Å². The predicted octanol–water partition coefficient (Wildman–Crippen LogP) is 1.22. The molecule has 4 heteroatoms. The maximum absolute atomic E-state index is 10.7. The minimum absolute atomic E-state index is 0.211. The van der Waals surface area contributed by atoms with Gasteiger partial charge in [0.05, 0.1) is 5.92 Å². The Morgan fingerprint density at radius 2 is 1.93 bits per heavy atom. The summed E-state index contributed by atoms with van der Waals surface area (Å²) >= 11 is 0. The lowest BCUT2D eigenvalue weighted by molar-refractivity contribution is -0.142. The van der Waals surface area contributed by atoms with Crippen molar-refractivity contribution in [2.45, 2.75) is 13.8 Å². The van der Waals surface area contributed by atoms with Crippen LogP contribution in [0.4, 0.5) is 5.69 Å². The predicted molar refractivity (Wildman–Crippen MR) is 57.0 cm³/mol. The Bertz CT molecular complexity index is 377. The van der Waals surface area contributed by atoms with Gasteiger partial charge in [-0.1, -0.05) is 0 Å². The molecule has 15 heavy (non-hydrogen) atoms. The second-order valence-electron chi connectivity index (χ2n) is 4.06. The van der Waals surface area contributed by atoms with Crippen LogP contribution < -0.4 is 4.90 Å². The summed E-state index contributed by atoms with van der Waals surface area (Å²) in [5.74, 6) is -0.910. The number of pyridine rings is 1. The number of carboxylic acid groups (broad SMARTS) is 1. The SMILES string of the molecule is Cc1cncc(C)c1N1CC(C(=O)O)C1. The largest absolute Gasteiger partial charge is 0.481 e. The van der Waals surface area contributed by atoms with E-state index in [-0.39, 0.29) is 5.92 Å². The van der Waals surface area contributed by atoms with E-state index in [1.165, 1.54) is 0 Å². The Morgan fingerprint density at radius 1 is 1.40 bits per heavy atom. The molecule has 0 radical (unpaired) electrons. The van der Waals surface area contributed by atoms with E-state index in [0.717, 1.165) is 16.8 Å². The Kier molecular flexibility index (Phi) is 2.34. The molecule has 2 heterocycles. The van der Waals surface area contributed by atoms with Crippen molar-refractivity contribution in [1.29, 1.82) is 0 Å². The van der Waals surface area contributed by atoms with E-state index in [2.05, 4.69) is 9.88 Å². The fraction of sp³-hybridized carbons (Fsp3) is 0.455. The molecule has 1 fully saturated rings. The fourth-order valence-corrected chi connectivity index (χ4v) is 2.01. The average Bonchev–Trinajstić information content (AvgIpc) is 2.06. The van der Waals surface area contributed by atoms with Crippen LogP contribution in [0.2, 0.25) is 0 Å². The Labute approximate surface area is 88.6 Å². The highest BCUT2D eigenvalue weighted by Gasteiger charge is 2.33. The molecule has 1 aromatic rings. The Balaban J connectivity index is 2.16. The first-order chi connectivity index (χ1) is 7.09. The molecule has 0 atom stereocenters. The van der Waals surface area contributed by atoms with Gasteiger partial charge in [-0.3, -0.25) is 9.78 Å². The minimum atomic E-state index is -0.699. The van der Waals surface area contributed by atoms with Gasteiger partial charge in [0.25, 0.3) is 0 Å². The summed E-state index contributed by atoms with van der Waals surface area (Å²) < 4.78 is 0. The first kappa shape index (κ1) is 9.96. The van der Waals surface area contributed by atoms with Gasteiger partial charge in [0.1, 0.15) is 0 Å². The molecule has 1 aliphatic heterocycles. The molecule has 1 aliphatic rings. The number of aryl methyl sites for hydroxylation is 2. The number of rotatable bonds is 2. The first-order valence-electron chi connectivity index (χ1n) is 4.98. The standard InChI is InChI=1S/C11H14N2O2/c1-7-3-12-4-8(2)10(7)13-5-9(6-13)11(14)15/h3-4,9H,5-6H2,1-2H3,(H,14,15). The van der Waals surface area contributed by atoms with Crippen molar-refractivity contribution in [3.8, 4) is 0 Å². The molecular formula is C11H14N2O2. The van der Waals surface area contributed by atoms with Crippen molar-refractivity contribution >= 4 is 11.7 Å². The highest BCUT2D eigenvalue weighted by atomic mass is 16.4. The maximum atomic E-state index is 10.7. The molecule has 80 valence electrons. The Morgan fingerprint density at radius 3 is 2.40 bits per heavy atom. The molecule has 0 aromatic carbocycles. The molecule has 0 bridgehead atoms. The van der Waals surface area contributed by atoms with E-state index in [1.54, 1.807) is 0 Å². The molecule has 2 rings (SSSR count). The van der Waals surface area contributed by atoms with Crippen molar-refractivity contribution < 1.29 is 9.90 Å². The number of carbonyl (C=O) groups is 1. The minimum Gasteiger partial charge on any atom is -0.481 e. The molecule has 4 nitrogen and oxygen atoms in total. The summed E-state index contributed by atoms with van der Waals surface area (Å²) in [5, 5.41) is 8.80. The lowest BCUT2D eigenvalue weighted by Crippen LogP contribution is -2.51. The highest BCUT2D eigenvalue weighted by Crippen LogP contribution is 2.30. The summed E-state index contributed by atoms with van der Waals surface area (Å²) in [4.78, 5) is 16.9. The summed E-state index contributed by atoms with van der Waals surface area (Å²) in [6.45, 7) is 5.23. The van der Waals surface area contributed by atoms with Crippen LogP contribution in [0.1, 0.15) is 11.1 Å². The van der Waals surface area contributed by atoms with Crippen molar-refractivity contribution in [1.82, 2.24) is 4.98 Å². The van der Waals surface area contributed by atoms with E-state index in [9.17, 15) is 4.79 Å². The molecule has 0 aliphatic carbocycles. The first-order valence-corrected chi connectivity index (χ1v) is 4.98. The van der Waals surface area contributed by atoms with E-state index in [0.29, 0.717) is 13.1 Å². The van der Waals surface area contributed by atoms with Gasteiger partial charge in [0.15, 0.2) is 0 Å². The fourth-order valence-electron chi connectivity index (χ4n) is 2.01. The number of anilines is 1.